The Kier molecular flexibility index (Phi) is 5.64. The Hall–Kier alpha value is -4.32. The molecule has 3 aromatic heterocycles. The first kappa shape index (κ1) is 21.5. The van der Waals surface area contributed by atoms with Gasteiger partial charge in [-0.2, -0.15) is 5.10 Å². The fourth-order valence-electron chi connectivity index (χ4n) is 4.17. The van der Waals surface area contributed by atoms with Crippen LogP contribution in [0, 0.1) is 11.7 Å². The second-order valence-electron chi connectivity index (χ2n) is 8.22. The highest BCUT2D eigenvalue weighted by Gasteiger charge is 2.16. The first-order valence-electron chi connectivity index (χ1n) is 11.1. The van der Waals surface area contributed by atoms with Crippen LogP contribution in [0.5, 0.6) is 0 Å². The van der Waals surface area contributed by atoms with Crippen LogP contribution in [0.2, 0.25) is 0 Å². The average molecular weight is 450 g/mol. The van der Waals surface area contributed by atoms with Crippen molar-refractivity contribution in [2.45, 2.75) is 6.92 Å². The number of benzene rings is 2. The molecule has 3 heterocycles. The highest BCUT2D eigenvalue weighted by atomic mass is 19.1. The fraction of sp³-hybridized carbons (Fsp3) is 0.107. The van der Waals surface area contributed by atoms with Crippen LogP contribution in [0.25, 0.3) is 50.0 Å². The lowest BCUT2D eigenvalue weighted by Crippen LogP contribution is -1.91. The quantitative estimate of drug-likeness (QED) is 0.221. The summed E-state index contributed by atoms with van der Waals surface area (Å²) in [5.74, 6) is -0.0534. The van der Waals surface area contributed by atoms with E-state index in [1.165, 1.54) is 6.07 Å². The van der Waals surface area contributed by atoms with Crippen LogP contribution >= 0.6 is 0 Å². The minimum atomic E-state index is -0.265. The summed E-state index contributed by atoms with van der Waals surface area (Å²) in [6.07, 6.45) is 7.58. The summed E-state index contributed by atoms with van der Waals surface area (Å²) in [7, 11) is 1.76. The maximum Gasteiger partial charge on any atom is 0.138 e. The maximum atomic E-state index is 14.5. The summed E-state index contributed by atoms with van der Waals surface area (Å²) < 4.78 is 14.5. The number of pyridine rings is 1. The van der Waals surface area contributed by atoms with E-state index in [9.17, 15) is 4.39 Å². The molecule has 1 atom stereocenters. The van der Waals surface area contributed by atoms with Crippen LogP contribution in [-0.2, 0) is 0 Å². The largest absolute Gasteiger partial charge is 0.338 e. The smallest absolute Gasteiger partial charge is 0.138 e. The minimum absolute atomic E-state index is 0.212. The third-order valence-electron chi connectivity index (χ3n) is 5.93. The van der Waals surface area contributed by atoms with Crippen molar-refractivity contribution in [3.63, 3.8) is 0 Å². The van der Waals surface area contributed by atoms with Gasteiger partial charge in [0.2, 0.25) is 0 Å². The molecule has 0 unspecified atom stereocenters. The number of hydrogen-bond acceptors (Lipinski definition) is 3. The van der Waals surface area contributed by atoms with Gasteiger partial charge in [-0.3, -0.25) is 10.1 Å². The Balaban J connectivity index is 1.65. The van der Waals surface area contributed by atoms with Gasteiger partial charge in [-0.1, -0.05) is 43.3 Å². The summed E-state index contributed by atoms with van der Waals surface area (Å²) in [5.41, 5.74) is 6.57. The fourth-order valence-corrected chi connectivity index (χ4v) is 4.17. The molecule has 0 aliphatic carbocycles. The SMILES string of the molecule is C=C[C@H](C)/C=C(\C=NC)c1ccc2[nH]nc(-c3cc4c(-c5ccccc5F)ccnc4[nH]3)c2c1. The molecule has 0 saturated carbocycles. The number of rotatable bonds is 6. The summed E-state index contributed by atoms with van der Waals surface area (Å²) >= 11 is 0. The van der Waals surface area contributed by atoms with Gasteiger partial charge >= 0.3 is 0 Å². The first-order valence-corrected chi connectivity index (χ1v) is 11.1. The van der Waals surface area contributed by atoms with Crippen molar-refractivity contribution in [3.05, 3.63) is 90.9 Å². The van der Waals surface area contributed by atoms with E-state index in [-0.39, 0.29) is 11.7 Å². The molecule has 0 spiro atoms. The number of H-pyrrole nitrogens is 2. The Morgan fingerprint density at radius 1 is 1.09 bits per heavy atom. The molecule has 2 N–H and O–H groups in total. The van der Waals surface area contributed by atoms with Gasteiger partial charge in [-0.25, -0.2) is 9.37 Å². The average Bonchev–Trinajstić information content (AvgIpc) is 3.47. The van der Waals surface area contributed by atoms with Crippen molar-refractivity contribution in [1.29, 1.82) is 0 Å². The molecular formula is C28H24FN5. The lowest BCUT2D eigenvalue weighted by atomic mass is 9.99. The molecule has 0 bridgehead atoms. The predicted molar refractivity (Wildman–Crippen MR) is 138 cm³/mol. The minimum Gasteiger partial charge on any atom is -0.338 e. The van der Waals surface area contributed by atoms with E-state index in [2.05, 4.69) is 56.9 Å². The third kappa shape index (κ3) is 3.83. The van der Waals surface area contributed by atoms with E-state index >= 15 is 0 Å². The molecule has 2 aromatic carbocycles. The number of aromatic nitrogens is 4. The molecule has 0 amide bonds. The number of allylic oxidation sites excluding steroid dienone is 3. The summed E-state index contributed by atoms with van der Waals surface area (Å²) in [5, 5.41) is 9.51. The van der Waals surface area contributed by atoms with Crippen LogP contribution in [0.1, 0.15) is 12.5 Å². The molecule has 34 heavy (non-hydrogen) atoms. The van der Waals surface area contributed by atoms with E-state index in [0.29, 0.717) is 11.2 Å². The predicted octanol–water partition coefficient (Wildman–Crippen LogP) is 6.82. The van der Waals surface area contributed by atoms with Gasteiger partial charge in [-0.15, -0.1) is 6.58 Å². The molecular weight excluding hydrogens is 425 g/mol. The Bertz CT molecular complexity index is 1570. The van der Waals surface area contributed by atoms with Crippen molar-refractivity contribution < 1.29 is 4.39 Å². The van der Waals surface area contributed by atoms with Crippen molar-refractivity contribution in [2.24, 2.45) is 10.9 Å². The zero-order valence-corrected chi connectivity index (χ0v) is 19.0. The van der Waals surface area contributed by atoms with E-state index in [4.69, 9.17) is 0 Å². The van der Waals surface area contributed by atoms with Gasteiger partial charge in [0.15, 0.2) is 0 Å². The second kappa shape index (κ2) is 8.90. The van der Waals surface area contributed by atoms with E-state index in [1.807, 2.05) is 36.6 Å². The number of hydrogen-bond donors (Lipinski definition) is 2. The van der Waals surface area contributed by atoms with Gasteiger partial charge < -0.3 is 4.98 Å². The monoisotopic (exact) mass is 449 g/mol. The molecule has 168 valence electrons. The number of nitrogens with zero attached hydrogens (tertiary/aromatic N) is 3. The molecule has 0 radical (unpaired) electrons. The zero-order valence-electron chi connectivity index (χ0n) is 19.0. The lowest BCUT2D eigenvalue weighted by molar-refractivity contribution is 0.631. The molecule has 5 rings (SSSR count). The van der Waals surface area contributed by atoms with Crippen LogP contribution in [0.15, 0.2) is 84.5 Å². The lowest BCUT2D eigenvalue weighted by Gasteiger charge is -2.06. The third-order valence-corrected chi connectivity index (χ3v) is 5.93. The van der Waals surface area contributed by atoms with Gasteiger partial charge in [-0.05, 0) is 52.9 Å². The van der Waals surface area contributed by atoms with Crippen molar-refractivity contribution >= 4 is 33.7 Å². The van der Waals surface area contributed by atoms with E-state index in [0.717, 1.165) is 44.4 Å². The van der Waals surface area contributed by atoms with E-state index in [1.54, 1.807) is 25.4 Å². The summed E-state index contributed by atoms with van der Waals surface area (Å²) in [6, 6.07) is 16.8. The van der Waals surface area contributed by atoms with Gasteiger partial charge in [0, 0.05) is 35.8 Å². The molecule has 6 heteroatoms. The molecule has 0 fully saturated rings. The van der Waals surface area contributed by atoms with Gasteiger partial charge in [0.1, 0.15) is 17.2 Å². The second-order valence-corrected chi connectivity index (χ2v) is 8.22. The number of halogens is 1. The van der Waals surface area contributed by atoms with E-state index < -0.39 is 0 Å². The Morgan fingerprint density at radius 2 is 1.94 bits per heavy atom. The molecule has 5 aromatic rings. The van der Waals surface area contributed by atoms with Gasteiger partial charge in [0.25, 0.3) is 0 Å². The molecule has 0 aliphatic heterocycles. The standard InChI is InChI=1S/C28H24FN5/c1-4-17(2)13-19(16-30-3)18-9-10-25-23(14-18)27(34-33-25)26-15-22-20(11-12-31-28(22)32-26)21-7-5-6-8-24(21)29/h4-17H,1H2,2-3H3,(H,31,32)(H,33,34)/b19-13+,30-16?/t17-/m0/s1. The number of fused-ring (bicyclic) bond motifs is 2. The normalized spacial score (nSPS) is 13.2. The van der Waals surface area contributed by atoms with Crippen LogP contribution in [-0.4, -0.2) is 33.4 Å². The Morgan fingerprint density at radius 3 is 2.74 bits per heavy atom. The molecule has 0 aliphatic rings. The van der Waals surface area contributed by atoms with Crippen molar-refractivity contribution in [2.75, 3.05) is 7.05 Å². The highest BCUT2D eigenvalue weighted by Crippen LogP contribution is 2.34. The Labute approximate surface area is 196 Å². The summed E-state index contributed by atoms with van der Waals surface area (Å²) in [4.78, 5) is 12.1. The topological polar surface area (TPSA) is 69.7 Å². The zero-order chi connectivity index (χ0) is 23.7. The van der Waals surface area contributed by atoms with Crippen LogP contribution in [0.3, 0.4) is 0 Å². The highest BCUT2D eigenvalue weighted by molar-refractivity contribution is 6.11. The molecule has 5 nitrogen and oxygen atoms in total. The van der Waals surface area contributed by atoms with Crippen molar-refractivity contribution in [3.8, 4) is 22.5 Å². The maximum absolute atomic E-state index is 14.5. The number of nitrogens with one attached hydrogen (secondary N) is 2. The summed E-state index contributed by atoms with van der Waals surface area (Å²) in [6.45, 7) is 5.97. The molecule has 0 saturated heterocycles. The number of aliphatic imine (C=N–C) groups is 1. The van der Waals surface area contributed by atoms with Crippen molar-refractivity contribution in [1.82, 2.24) is 20.2 Å². The van der Waals surface area contributed by atoms with Crippen LogP contribution in [0.4, 0.5) is 4.39 Å². The van der Waals surface area contributed by atoms with Gasteiger partial charge in [0.05, 0.1) is 11.2 Å². The number of aromatic amines is 2. The van der Waals surface area contributed by atoms with Crippen LogP contribution < -0.4 is 0 Å². The first-order chi connectivity index (χ1) is 16.6.